The van der Waals surface area contributed by atoms with Gasteiger partial charge in [-0.3, -0.25) is 0 Å². The van der Waals surface area contributed by atoms with Gasteiger partial charge >= 0.3 is 0 Å². The molecule has 5 nitrogen and oxygen atoms in total. The first-order valence-corrected chi connectivity index (χ1v) is 9.24. The van der Waals surface area contributed by atoms with Gasteiger partial charge in [0, 0.05) is 44.5 Å². The number of nitrogens with zero attached hydrogens (tertiary/aromatic N) is 4. The smallest absolute Gasteiger partial charge is 0.132 e. The predicted octanol–water partition coefficient (Wildman–Crippen LogP) is 2.34. The van der Waals surface area contributed by atoms with E-state index < -0.39 is 0 Å². The maximum Gasteiger partial charge on any atom is 0.132 e. The maximum absolute atomic E-state index is 5.63. The summed E-state index contributed by atoms with van der Waals surface area (Å²) in [5.74, 6) is 1.88. The fourth-order valence-electron chi connectivity index (χ4n) is 4.16. The molecule has 1 unspecified atom stereocenters. The molecule has 1 atom stereocenters. The molecule has 0 N–H and O–H groups in total. The molecule has 3 fully saturated rings. The van der Waals surface area contributed by atoms with Crippen LogP contribution in [-0.4, -0.2) is 59.8 Å². The number of piperidine rings is 1. The molecule has 126 valence electrons. The highest BCUT2D eigenvalue weighted by Crippen LogP contribution is 2.35. The van der Waals surface area contributed by atoms with E-state index in [-0.39, 0.29) is 0 Å². The van der Waals surface area contributed by atoms with Crippen LogP contribution in [0.15, 0.2) is 18.6 Å². The Morgan fingerprint density at radius 3 is 2.61 bits per heavy atom. The third-order valence-electron chi connectivity index (χ3n) is 5.49. The normalized spacial score (nSPS) is 27.0. The molecule has 1 aliphatic carbocycles. The molecule has 2 saturated heterocycles. The lowest BCUT2D eigenvalue weighted by Crippen LogP contribution is -2.47. The van der Waals surface area contributed by atoms with Crippen molar-refractivity contribution >= 4 is 5.82 Å². The average Bonchev–Trinajstić information content (AvgIpc) is 3.44. The zero-order valence-corrected chi connectivity index (χ0v) is 13.9. The van der Waals surface area contributed by atoms with Gasteiger partial charge in [0.25, 0.3) is 0 Å². The number of rotatable bonds is 5. The summed E-state index contributed by atoms with van der Waals surface area (Å²) in [6.45, 7) is 5.59. The third-order valence-corrected chi connectivity index (χ3v) is 5.49. The van der Waals surface area contributed by atoms with Crippen molar-refractivity contribution in [3.63, 3.8) is 0 Å². The van der Waals surface area contributed by atoms with Gasteiger partial charge in [-0.2, -0.15) is 0 Å². The van der Waals surface area contributed by atoms with Crippen LogP contribution in [-0.2, 0) is 4.74 Å². The first-order chi connectivity index (χ1) is 11.4. The second-order valence-electron chi connectivity index (χ2n) is 7.32. The van der Waals surface area contributed by atoms with Gasteiger partial charge in [0.2, 0.25) is 0 Å². The zero-order valence-electron chi connectivity index (χ0n) is 13.9. The van der Waals surface area contributed by atoms with Crippen LogP contribution in [0.1, 0.15) is 38.5 Å². The van der Waals surface area contributed by atoms with Gasteiger partial charge in [0.15, 0.2) is 0 Å². The highest BCUT2D eigenvalue weighted by molar-refractivity contribution is 5.41. The monoisotopic (exact) mass is 316 g/mol. The molecule has 4 rings (SSSR count). The SMILES string of the molecule is c1cc(N(C2CC2)C2CCN(CC3CCCOC3)CC2)ncn1. The number of ether oxygens (including phenoxy) is 1. The molecule has 0 amide bonds. The summed E-state index contributed by atoms with van der Waals surface area (Å²) >= 11 is 0. The highest BCUT2D eigenvalue weighted by Gasteiger charge is 2.36. The van der Waals surface area contributed by atoms with Crippen LogP contribution in [0.25, 0.3) is 0 Å². The van der Waals surface area contributed by atoms with Crippen molar-refractivity contribution in [1.82, 2.24) is 14.9 Å². The molecule has 1 saturated carbocycles. The molecule has 0 aromatic carbocycles. The second-order valence-corrected chi connectivity index (χ2v) is 7.32. The lowest BCUT2D eigenvalue weighted by molar-refractivity contribution is 0.0345. The van der Waals surface area contributed by atoms with E-state index in [9.17, 15) is 0 Å². The van der Waals surface area contributed by atoms with Crippen molar-refractivity contribution in [2.24, 2.45) is 5.92 Å². The van der Waals surface area contributed by atoms with Crippen LogP contribution in [0.2, 0.25) is 0 Å². The van der Waals surface area contributed by atoms with Gasteiger partial charge in [0.05, 0.1) is 6.61 Å². The van der Waals surface area contributed by atoms with E-state index in [1.54, 1.807) is 6.33 Å². The van der Waals surface area contributed by atoms with Crippen molar-refractivity contribution in [2.45, 2.75) is 50.6 Å². The van der Waals surface area contributed by atoms with E-state index in [4.69, 9.17) is 4.74 Å². The Kier molecular flexibility index (Phi) is 4.76. The predicted molar refractivity (Wildman–Crippen MR) is 90.5 cm³/mol. The van der Waals surface area contributed by atoms with Gasteiger partial charge < -0.3 is 14.5 Å². The van der Waals surface area contributed by atoms with Crippen molar-refractivity contribution < 1.29 is 4.74 Å². The number of anilines is 1. The van der Waals surface area contributed by atoms with Crippen LogP contribution in [0, 0.1) is 5.92 Å². The first-order valence-electron chi connectivity index (χ1n) is 9.24. The molecule has 0 bridgehead atoms. The summed E-state index contributed by atoms with van der Waals surface area (Å²) in [6.07, 6.45) is 11.3. The quantitative estimate of drug-likeness (QED) is 0.834. The largest absolute Gasteiger partial charge is 0.381 e. The van der Waals surface area contributed by atoms with Crippen molar-refractivity contribution in [1.29, 1.82) is 0 Å². The standard InChI is InChI=1S/C18H28N4O/c1-2-15(13-23-11-1)12-21-9-6-17(7-10-21)22(16-3-4-16)18-5-8-19-14-20-18/h5,8,14-17H,1-4,6-7,9-13H2. The topological polar surface area (TPSA) is 41.5 Å². The Labute approximate surface area is 139 Å². The minimum atomic E-state index is 0.649. The molecule has 5 heteroatoms. The first kappa shape index (κ1) is 15.3. The second kappa shape index (κ2) is 7.14. The molecular formula is C18H28N4O. The third kappa shape index (κ3) is 3.83. The Morgan fingerprint density at radius 1 is 1.13 bits per heavy atom. The number of hydrogen-bond acceptors (Lipinski definition) is 5. The van der Waals surface area contributed by atoms with Gasteiger partial charge in [-0.15, -0.1) is 0 Å². The summed E-state index contributed by atoms with van der Waals surface area (Å²) < 4.78 is 5.63. The lowest BCUT2D eigenvalue weighted by atomic mass is 9.98. The van der Waals surface area contributed by atoms with Crippen LogP contribution in [0.3, 0.4) is 0 Å². The minimum Gasteiger partial charge on any atom is -0.381 e. The van der Waals surface area contributed by atoms with E-state index in [2.05, 4.69) is 25.8 Å². The zero-order chi connectivity index (χ0) is 15.5. The molecule has 3 heterocycles. The van der Waals surface area contributed by atoms with Gasteiger partial charge in [0.1, 0.15) is 12.1 Å². The van der Waals surface area contributed by atoms with E-state index >= 15 is 0 Å². The number of hydrogen-bond donors (Lipinski definition) is 0. The lowest BCUT2D eigenvalue weighted by Gasteiger charge is -2.40. The number of likely N-dealkylation sites (tertiary alicyclic amines) is 1. The molecular weight excluding hydrogens is 288 g/mol. The summed E-state index contributed by atoms with van der Waals surface area (Å²) in [5.41, 5.74) is 0. The van der Waals surface area contributed by atoms with E-state index in [0.717, 1.165) is 24.9 Å². The molecule has 0 spiro atoms. The Morgan fingerprint density at radius 2 is 1.96 bits per heavy atom. The van der Waals surface area contributed by atoms with Crippen LogP contribution >= 0.6 is 0 Å². The molecule has 23 heavy (non-hydrogen) atoms. The highest BCUT2D eigenvalue weighted by atomic mass is 16.5. The molecule has 1 aromatic rings. The fraction of sp³-hybridized carbons (Fsp3) is 0.778. The summed E-state index contributed by atoms with van der Waals surface area (Å²) in [7, 11) is 0. The van der Waals surface area contributed by atoms with Crippen LogP contribution in [0.4, 0.5) is 5.82 Å². The molecule has 0 radical (unpaired) electrons. The average molecular weight is 316 g/mol. The minimum absolute atomic E-state index is 0.649. The van der Waals surface area contributed by atoms with Gasteiger partial charge in [-0.05, 0) is 50.5 Å². The van der Waals surface area contributed by atoms with Crippen molar-refractivity contribution in [3.05, 3.63) is 18.6 Å². The van der Waals surface area contributed by atoms with E-state index in [1.165, 1.54) is 58.2 Å². The van der Waals surface area contributed by atoms with Crippen molar-refractivity contribution in [2.75, 3.05) is 37.7 Å². The Bertz CT molecular complexity index is 479. The van der Waals surface area contributed by atoms with Gasteiger partial charge in [-0.25, -0.2) is 9.97 Å². The molecule has 1 aromatic heterocycles. The summed E-state index contributed by atoms with van der Waals surface area (Å²) in [4.78, 5) is 13.8. The van der Waals surface area contributed by atoms with Crippen LogP contribution < -0.4 is 4.90 Å². The van der Waals surface area contributed by atoms with E-state index in [1.807, 2.05) is 6.20 Å². The Balaban J connectivity index is 1.33. The fourth-order valence-corrected chi connectivity index (χ4v) is 4.16. The van der Waals surface area contributed by atoms with Crippen LogP contribution in [0.5, 0.6) is 0 Å². The summed E-state index contributed by atoms with van der Waals surface area (Å²) in [6, 6.07) is 3.44. The molecule has 2 aliphatic heterocycles. The molecule has 3 aliphatic rings. The number of aromatic nitrogens is 2. The maximum atomic E-state index is 5.63. The summed E-state index contributed by atoms with van der Waals surface area (Å²) in [5, 5.41) is 0. The van der Waals surface area contributed by atoms with E-state index in [0.29, 0.717) is 12.1 Å². The van der Waals surface area contributed by atoms with Gasteiger partial charge in [-0.1, -0.05) is 0 Å². The Hall–Kier alpha value is -1.20. The van der Waals surface area contributed by atoms with Crippen molar-refractivity contribution in [3.8, 4) is 0 Å².